The second-order valence-corrected chi connectivity index (χ2v) is 2.86. The first kappa shape index (κ1) is 8.12. The van der Waals surface area contributed by atoms with E-state index < -0.39 is 0 Å². The van der Waals surface area contributed by atoms with Gasteiger partial charge in [-0.1, -0.05) is 11.6 Å². The lowest BCUT2D eigenvalue weighted by Gasteiger charge is -1.92. The van der Waals surface area contributed by atoms with Gasteiger partial charge < -0.3 is 0 Å². The van der Waals surface area contributed by atoms with E-state index in [0.717, 1.165) is 5.56 Å². The summed E-state index contributed by atoms with van der Waals surface area (Å²) in [4.78, 5) is 5.31. The number of aromatic nitrogens is 5. The van der Waals surface area contributed by atoms with E-state index in [1.165, 1.54) is 4.80 Å². The second-order valence-electron chi connectivity index (χ2n) is 2.47. The van der Waals surface area contributed by atoms with E-state index in [4.69, 9.17) is 11.6 Å². The fourth-order valence-electron chi connectivity index (χ4n) is 0.908. The minimum absolute atomic E-state index is 0.452. The Morgan fingerprint density at radius 2 is 2.23 bits per heavy atom. The van der Waals surface area contributed by atoms with Crippen LogP contribution >= 0.6 is 11.6 Å². The topological polar surface area (TPSA) is 56.5 Å². The summed E-state index contributed by atoms with van der Waals surface area (Å²) < 4.78 is 0. The van der Waals surface area contributed by atoms with Gasteiger partial charge >= 0.3 is 0 Å². The summed E-state index contributed by atoms with van der Waals surface area (Å²) in [5, 5.41) is 12.0. The van der Waals surface area contributed by atoms with Crippen molar-refractivity contribution >= 4 is 11.6 Å². The van der Waals surface area contributed by atoms with Gasteiger partial charge in [-0.25, -0.2) is 4.98 Å². The van der Waals surface area contributed by atoms with E-state index in [0.29, 0.717) is 11.0 Å². The van der Waals surface area contributed by atoms with Gasteiger partial charge in [-0.15, -0.1) is 10.2 Å². The van der Waals surface area contributed by atoms with Crippen molar-refractivity contribution in [3.63, 3.8) is 0 Å². The maximum atomic E-state index is 5.63. The highest BCUT2D eigenvalue weighted by Gasteiger charge is 2.03. The Morgan fingerprint density at radius 3 is 2.77 bits per heavy atom. The molecule has 0 N–H and O–H groups in total. The van der Waals surface area contributed by atoms with Crippen molar-refractivity contribution in [3.8, 4) is 11.4 Å². The number of pyridine rings is 1. The van der Waals surface area contributed by atoms with Crippen molar-refractivity contribution in [2.24, 2.45) is 7.05 Å². The van der Waals surface area contributed by atoms with Crippen molar-refractivity contribution in [1.29, 1.82) is 0 Å². The highest BCUT2D eigenvalue weighted by Crippen LogP contribution is 2.13. The van der Waals surface area contributed by atoms with Crippen molar-refractivity contribution in [2.75, 3.05) is 0 Å². The van der Waals surface area contributed by atoms with Crippen LogP contribution < -0.4 is 0 Å². The molecule has 5 nitrogen and oxygen atoms in total. The molecule has 2 rings (SSSR count). The van der Waals surface area contributed by atoms with E-state index in [9.17, 15) is 0 Å². The predicted octanol–water partition coefficient (Wildman–Crippen LogP) is 0.925. The standard InChI is InChI=1S/C7H6ClN5/c1-13-11-7(10-12-13)5-2-3-6(8)9-4-5/h2-4H,1H3. The fraction of sp³-hybridized carbons (Fsp3) is 0.143. The first-order chi connectivity index (χ1) is 6.25. The van der Waals surface area contributed by atoms with Gasteiger partial charge in [0.25, 0.3) is 0 Å². The van der Waals surface area contributed by atoms with Crippen LogP contribution in [0.1, 0.15) is 0 Å². The van der Waals surface area contributed by atoms with E-state index in [1.54, 1.807) is 25.4 Å². The lowest BCUT2D eigenvalue weighted by atomic mass is 10.3. The maximum absolute atomic E-state index is 5.63. The van der Waals surface area contributed by atoms with Crippen molar-refractivity contribution in [3.05, 3.63) is 23.5 Å². The van der Waals surface area contributed by atoms with Crippen molar-refractivity contribution in [1.82, 2.24) is 25.2 Å². The zero-order chi connectivity index (χ0) is 9.26. The molecule has 0 aliphatic rings. The number of halogens is 1. The third-order valence-corrected chi connectivity index (χ3v) is 1.72. The molecule has 0 amide bonds. The average Bonchev–Trinajstić information content (AvgIpc) is 2.53. The lowest BCUT2D eigenvalue weighted by molar-refractivity contribution is 0.630. The van der Waals surface area contributed by atoms with Gasteiger partial charge in [0, 0.05) is 11.8 Å². The van der Waals surface area contributed by atoms with Crippen LogP contribution in [0.3, 0.4) is 0 Å². The molecule has 0 aliphatic heterocycles. The second kappa shape index (κ2) is 3.10. The molecule has 66 valence electrons. The Labute approximate surface area is 79.4 Å². The molecule has 0 fully saturated rings. The molecule has 2 aromatic rings. The van der Waals surface area contributed by atoms with Gasteiger partial charge in [0.05, 0.1) is 7.05 Å². The van der Waals surface area contributed by atoms with Gasteiger partial charge in [-0.3, -0.25) is 0 Å². The number of hydrogen-bond acceptors (Lipinski definition) is 4. The monoisotopic (exact) mass is 195 g/mol. The summed E-state index contributed by atoms with van der Waals surface area (Å²) >= 11 is 5.63. The molecule has 0 unspecified atom stereocenters. The predicted molar refractivity (Wildman–Crippen MR) is 47.0 cm³/mol. The van der Waals surface area contributed by atoms with Gasteiger partial charge in [0.15, 0.2) is 0 Å². The SMILES string of the molecule is Cn1nnc(-c2ccc(Cl)nc2)n1. The van der Waals surface area contributed by atoms with Crippen molar-refractivity contribution < 1.29 is 0 Å². The third-order valence-electron chi connectivity index (χ3n) is 1.49. The largest absolute Gasteiger partial charge is 0.244 e. The zero-order valence-corrected chi connectivity index (χ0v) is 7.60. The number of hydrogen-bond donors (Lipinski definition) is 0. The molecule has 2 aromatic heterocycles. The molecule has 6 heteroatoms. The van der Waals surface area contributed by atoms with Crippen LogP contribution in [-0.4, -0.2) is 25.2 Å². The Kier molecular flexibility index (Phi) is 1.94. The van der Waals surface area contributed by atoms with Crippen LogP contribution in [0.4, 0.5) is 0 Å². The van der Waals surface area contributed by atoms with E-state index in [2.05, 4.69) is 20.4 Å². The third kappa shape index (κ3) is 1.65. The zero-order valence-electron chi connectivity index (χ0n) is 6.85. The minimum Gasteiger partial charge on any atom is -0.244 e. The molecule has 13 heavy (non-hydrogen) atoms. The smallest absolute Gasteiger partial charge is 0.206 e. The summed E-state index contributed by atoms with van der Waals surface area (Å²) in [6, 6.07) is 3.49. The molecule has 0 atom stereocenters. The van der Waals surface area contributed by atoms with Crippen LogP contribution in [0.2, 0.25) is 5.15 Å². The summed E-state index contributed by atoms with van der Waals surface area (Å²) in [5.41, 5.74) is 0.803. The van der Waals surface area contributed by atoms with E-state index >= 15 is 0 Å². The summed E-state index contributed by atoms with van der Waals surface area (Å²) in [7, 11) is 1.71. The maximum Gasteiger partial charge on any atom is 0.206 e. The Bertz CT molecular complexity index is 407. The Morgan fingerprint density at radius 1 is 1.38 bits per heavy atom. The van der Waals surface area contributed by atoms with Crippen LogP contribution in [-0.2, 0) is 7.05 Å². The van der Waals surface area contributed by atoms with Crippen LogP contribution in [0.5, 0.6) is 0 Å². The number of rotatable bonds is 1. The van der Waals surface area contributed by atoms with Gasteiger partial charge in [0.2, 0.25) is 5.82 Å². The molecule has 0 saturated heterocycles. The summed E-state index contributed by atoms with van der Waals surface area (Å²) in [6.07, 6.45) is 1.61. The first-order valence-electron chi connectivity index (χ1n) is 3.61. The molecule has 0 spiro atoms. The normalized spacial score (nSPS) is 10.3. The van der Waals surface area contributed by atoms with Gasteiger partial charge in [0.1, 0.15) is 5.15 Å². The average molecular weight is 196 g/mol. The van der Waals surface area contributed by atoms with E-state index in [-0.39, 0.29) is 0 Å². The van der Waals surface area contributed by atoms with Crippen molar-refractivity contribution in [2.45, 2.75) is 0 Å². The Hall–Kier alpha value is -1.49. The molecule has 0 saturated carbocycles. The minimum atomic E-state index is 0.452. The molecule has 0 bridgehead atoms. The summed E-state index contributed by atoms with van der Waals surface area (Å²) in [5.74, 6) is 0.548. The van der Waals surface area contributed by atoms with E-state index in [1.807, 2.05) is 0 Å². The molecule has 0 aromatic carbocycles. The molecular weight excluding hydrogens is 190 g/mol. The van der Waals surface area contributed by atoms with Gasteiger partial charge in [-0.05, 0) is 17.3 Å². The molecule has 0 aliphatic carbocycles. The van der Waals surface area contributed by atoms with Crippen LogP contribution in [0.25, 0.3) is 11.4 Å². The quantitative estimate of drug-likeness (QED) is 0.636. The number of aryl methyl sites for hydroxylation is 1. The highest BCUT2D eigenvalue weighted by molar-refractivity contribution is 6.29. The fourth-order valence-corrected chi connectivity index (χ4v) is 1.02. The highest BCUT2D eigenvalue weighted by atomic mass is 35.5. The summed E-state index contributed by atoms with van der Waals surface area (Å²) in [6.45, 7) is 0. The van der Waals surface area contributed by atoms with Crippen LogP contribution in [0, 0.1) is 0 Å². The lowest BCUT2D eigenvalue weighted by Crippen LogP contribution is -1.91. The van der Waals surface area contributed by atoms with Crippen LogP contribution in [0.15, 0.2) is 18.3 Å². The number of nitrogens with zero attached hydrogens (tertiary/aromatic N) is 5. The molecule has 2 heterocycles. The van der Waals surface area contributed by atoms with Gasteiger partial charge in [-0.2, -0.15) is 4.80 Å². The molecule has 0 radical (unpaired) electrons. The first-order valence-corrected chi connectivity index (χ1v) is 3.99. The Balaban J connectivity index is 2.41. The molecular formula is C7H6ClN5. The number of tetrazole rings is 1.